The molecule has 0 unspecified atom stereocenters. The topological polar surface area (TPSA) is 96.9 Å². The Morgan fingerprint density at radius 2 is 1.45 bits per heavy atom. The molecule has 0 saturated carbocycles. The van der Waals surface area contributed by atoms with Crippen molar-refractivity contribution in [2.75, 3.05) is 5.32 Å². The number of anilines is 1. The van der Waals surface area contributed by atoms with E-state index in [0.717, 1.165) is 0 Å². The standard InChI is InChI=1S/C23H16Cl3N3O4/c1-13(28-29-22(31)21(30)27-14-10-11-18(25)19(26)12-14)15-6-3-5-9-20(15)33-23(32)16-7-2-4-8-17(16)24/h2-12H,1H3,(H,27,30)(H,29,31)/b28-13+. The van der Waals surface area contributed by atoms with Gasteiger partial charge in [-0.05, 0) is 49.4 Å². The van der Waals surface area contributed by atoms with Gasteiger partial charge in [0.05, 0.1) is 26.3 Å². The van der Waals surface area contributed by atoms with Gasteiger partial charge in [0.1, 0.15) is 5.75 Å². The van der Waals surface area contributed by atoms with Crippen LogP contribution in [0.25, 0.3) is 0 Å². The predicted molar refractivity (Wildman–Crippen MR) is 128 cm³/mol. The first-order valence-corrected chi connectivity index (χ1v) is 10.6. The van der Waals surface area contributed by atoms with Crippen molar-refractivity contribution in [1.82, 2.24) is 5.43 Å². The van der Waals surface area contributed by atoms with Gasteiger partial charge in [-0.25, -0.2) is 10.2 Å². The minimum Gasteiger partial charge on any atom is -0.422 e. The molecule has 3 aromatic rings. The Labute approximate surface area is 204 Å². The number of nitrogens with one attached hydrogen (secondary N) is 2. The first kappa shape index (κ1) is 24.3. The zero-order valence-corrected chi connectivity index (χ0v) is 19.3. The number of nitrogens with zero attached hydrogens (tertiary/aromatic N) is 1. The van der Waals surface area contributed by atoms with Crippen molar-refractivity contribution in [2.24, 2.45) is 5.10 Å². The van der Waals surface area contributed by atoms with Gasteiger partial charge < -0.3 is 10.1 Å². The van der Waals surface area contributed by atoms with E-state index in [1.807, 2.05) is 0 Å². The fraction of sp³-hybridized carbons (Fsp3) is 0.0435. The van der Waals surface area contributed by atoms with Gasteiger partial charge in [0.2, 0.25) is 0 Å². The van der Waals surface area contributed by atoms with Crippen LogP contribution in [0.2, 0.25) is 15.1 Å². The van der Waals surface area contributed by atoms with Crippen molar-refractivity contribution in [2.45, 2.75) is 6.92 Å². The SMILES string of the molecule is C/C(=N\NC(=O)C(=O)Nc1ccc(Cl)c(Cl)c1)c1ccccc1OC(=O)c1ccccc1Cl. The number of para-hydroxylation sites is 1. The number of hydrogen-bond donors (Lipinski definition) is 2. The van der Waals surface area contributed by atoms with Crippen molar-refractivity contribution < 1.29 is 19.1 Å². The smallest absolute Gasteiger partial charge is 0.345 e. The zero-order valence-electron chi connectivity index (χ0n) is 17.1. The third-order valence-corrected chi connectivity index (χ3v) is 5.35. The number of hydrazone groups is 1. The molecule has 0 radical (unpaired) electrons. The number of amides is 2. The van der Waals surface area contributed by atoms with Gasteiger partial charge in [0.25, 0.3) is 0 Å². The molecule has 0 aliphatic rings. The monoisotopic (exact) mass is 503 g/mol. The molecule has 3 aromatic carbocycles. The van der Waals surface area contributed by atoms with E-state index in [1.165, 1.54) is 18.2 Å². The van der Waals surface area contributed by atoms with Crippen LogP contribution in [0.4, 0.5) is 5.69 Å². The van der Waals surface area contributed by atoms with Crippen LogP contribution in [-0.2, 0) is 9.59 Å². The zero-order chi connectivity index (χ0) is 24.0. The number of carbonyl (C=O) groups excluding carboxylic acids is 3. The largest absolute Gasteiger partial charge is 0.422 e. The van der Waals surface area contributed by atoms with Crippen LogP contribution in [0.1, 0.15) is 22.8 Å². The Hall–Kier alpha value is -3.39. The summed E-state index contributed by atoms with van der Waals surface area (Å²) >= 11 is 17.8. The fourth-order valence-electron chi connectivity index (χ4n) is 2.64. The van der Waals surface area contributed by atoms with Gasteiger partial charge in [0, 0.05) is 11.3 Å². The predicted octanol–water partition coefficient (Wildman–Crippen LogP) is 5.34. The number of halogens is 3. The van der Waals surface area contributed by atoms with E-state index < -0.39 is 17.8 Å². The Bertz CT molecular complexity index is 1260. The second-order valence-corrected chi connectivity index (χ2v) is 7.81. The van der Waals surface area contributed by atoms with Gasteiger partial charge in [0.15, 0.2) is 0 Å². The van der Waals surface area contributed by atoms with Crippen LogP contribution in [0, 0.1) is 0 Å². The molecule has 168 valence electrons. The Morgan fingerprint density at radius 1 is 0.788 bits per heavy atom. The summed E-state index contributed by atoms with van der Waals surface area (Å²) in [5, 5.41) is 7.12. The highest BCUT2D eigenvalue weighted by Gasteiger charge is 2.17. The molecule has 0 aliphatic heterocycles. The molecular weight excluding hydrogens is 489 g/mol. The van der Waals surface area contributed by atoms with Crippen LogP contribution < -0.4 is 15.5 Å². The summed E-state index contributed by atoms with van der Waals surface area (Å²) in [5.41, 5.74) is 3.40. The molecule has 7 nitrogen and oxygen atoms in total. The molecule has 10 heteroatoms. The van der Waals surface area contributed by atoms with Crippen LogP contribution >= 0.6 is 34.8 Å². The quantitative estimate of drug-likeness (QED) is 0.161. The lowest BCUT2D eigenvalue weighted by atomic mass is 10.1. The molecule has 3 rings (SSSR count). The molecular formula is C23H16Cl3N3O4. The van der Waals surface area contributed by atoms with Crippen LogP contribution in [-0.4, -0.2) is 23.5 Å². The van der Waals surface area contributed by atoms with E-state index in [0.29, 0.717) is 22.0 Å². The second-order valence-electron chi connectivity index (χ2n) is 6.59. The molecule has 0 aromatic heterocycles. The molecule has 0 atom stereocenters. The highest BCUT2D eigenvalue weighted by molar-refractivity contribution is 6.43. The van der Waals surface area contributed by atoms with Gasteiger partial charge in [-0.1, -0.05) is 59.1 Å². The number of carbonyl (C=O) groups is 3. The first-order chi connectivity index (χ1) is 15.8. The highest BCUT2D eigenvalue weighted by Crippen LogP contribution is 2.25. The van der Waals surface area contributed by atoms with Gasteiger partial charge in [-0.2, -0.15) is 5.10 Å². The normalized spacial score (nSPS) is 11.0. The summed E-state index contributed by atoms with van der Waals surface area (Å²) in [6.45, 7) is 1.58. The summed E-state index contributed by atoms with van der Waals surface area (Å²) in [6, 6.07) is 17.5. The molecule has 0 saturated heterocycles. The molecule has 2 N–H and O–H groups in total. The van der Waals surface area contributed by atoms with E-state index in [-0.39, 0.29) is 21.4 Å². The minimum atomic E-state index is -1.01. The third kappa shape index (κ3) is 6.32. The summed E-state index contributed by atoms with van der Waals surface area (Å²) < 4.78 is 5.47. The first-order valence-electron chi connectivity index (χ1n) is 9.43. The van der Waals surface area contributed by atoms with Crippen molar-refractivity contribution >= 4 is 64.0 Å². The van der Waals surface area contributed by atoms with Crippen LogP contribution in [0.5, 0.6) is 5.75 Å². The second kappa shape index (κ2) is 11.0. The van der Waals surface area contributed by atoms with Gasteiger partial charge in [-0.15, -0.1) is 0 Å². The maximum atomic E-state index is 12.5. The Morgan fingerprint density at radius 3 is 2.15 bits per heavy atom. The highest BCUT2D eigenvalue weighted by atomic mass is 35.5. The number of esters is 1. The number of rotatable bonds is 5. The third-order valence-electron chi connectivity index (χ3n) is 4.28. The number of ether oxygens (including phenoxy) is 1. The summed E-state index contributed by atoms with van der Waals surface area (Å²) in [4.78, 5) is 36.7. The number of hydrogen-bond acceptors (Lipinski definition) is 5. The van der Waals surface area contributed by atoms with Crippen molar-refractivity contribution in [3.8, 4) is 5.75 Å². The van der Waals surface area contributed by atoms with Crippen molar-refractivity contribution in [3.05, 3.63) is 92.9 Å². The van der Waals surface area contributed by atoms with Gasteiger partial charge >= 0.3 is 17.8 Å². The maximum Gasteiger partial charge on any atom is 0.345 e. The molecule has 2 amide bonds. The lowest BCUT2D eigenvalue weighted by Crippen LogP contribution is -2.33. The molecule has 33 heavy (non-hydrogen) atoms. The van der Waals surface area contributed by atoms with Crippen molar-refractivity contribution in [1.29, 1.82) is 0 Å². The molecule has 0 fully saturated rings. The maximum absolute atomic E-state index is 12.5. The fourth-order valence-corrected chi connectivity index (χ4v) is 3.15. The van der Waals surface area contributed by atoms with Gasteiger partial charge in [-0.3, -0.25) is 9.59 Å². The van der Waals surface area contributed by atoms with Crippen LogP contribution in [0.3, 0.4) is 0 Å². The molecule has 0 aliphatic carbocycles. The van der Waals surface area contributed by atoms with E-state index in [2.05, 4.69) is 15.8 Å². The average Bonchev–Trinajstić information content (AvgIpc) is 2.80. The molecule has 0 bridgehead atoms. The van der Waals surface area contributed by atoms with E-state index in [9.17, 15) is 14.4 Å². The Kier molecular flexibility index (Phi) is 8.06. The average molecular weight is 505 g/mol. The summed E-state index contributed by atoms with van der Waals surface area (Å²) in [7, 11) is 0. The van der Waals surface area contributed by atoms with E-state index in [4.69, 9.17) is 39.5 Å². The number of benzene rings is 3. The minimum absolute atomic E-state index is 0.204. The summed E-state index contributed by atoms with van der Waals surface area (Å²) in [5.74, 6) is -2.40. The Balaban J connectivity index is 1.69. The molecule has 0 heterocycles. The lowest BCUT2D eigenvalue weighted by molar-refractivity contribution is -0.136. The lowest BCUT2D eigenvalue weighted by Gasteiger charge is -2.11. The van der Waals surface area contributed by atoms with E-state index in [1.54, 1.807) is 55.5 Å². The molecule has 0 spiro atoms. The van der Waals surface area contributed by atoms with Crippen molar-refractivity contribution in [3.63, 3.8) is 0 Å². The summed E-state index contributed by atoms with van der Waals surface area (Å²) in [6.07, 6.45) is 0. The van der Waals surface area contributed by atoms with E-state index >= 15 is 0 Å². The van der Waals surface area contributed by atoms with Crippen LogP contribution in [0.15, 0.2) is 71.8 Å².